The molecular weight excluding hydrogens is 388 g/mol. The first-order chi connectivity index (χ1) is 14.5. The van der Waals surface area contributed by atoms with Crippen LogP contribution in [0.1, 0.15) is 97.8 Å². The van der Waals surface area contributed by atoms with Gasteiger partial charge in [-0.1, -0.05) is 59.3 Å². The van der Waals surface area contributed by atoms with Crippen LogP contribution in [0.5, 0.6) is 0 Å². The monoisotopic (exact) mass is 428 g/mol. The van der Waals surface area contributed by atoms with E-state index in [-0.39, 0.29) is 31.1 Å². The molecule has 1 aliphatic rings. The summed E-state index contributed by atoms with van der Waals surface area (Å²) >= 11 is 0. The third kappa shape index (κ3) is 11.0. The van der Waals surface area contributed by atoms with Gasteiger partial charge in [-0.15, -0.1) is 0 Å². The molecule has 7 nitrogen and oxygen atoms in total. The summed E-state index contributed by atoms with van der Waals surface area (Å²) in [6.07, 6.45) is 6.63. The van der Waals surface area contributed by atoms with Crippen molar-refractivity contribution in [2.24, 2.45) is 0 Å². The van der Waals surface area contributed by atoms with Gasteiger partial charge in [0.05, 0.1) is 13.2 Å². The third-order valence-corrected chi connectivity index (χ3v) is 5.08. The van der Waals surface area contributed by atoms with Gasteiger partial charge in [0.25, 0.3) is 0 Å². The minimum atomic E-state index is -0.835. The zero-order chi connectivity index (χ0) is 22.2. The summed E-state index contributed by atoms with van der Waals surface area (Å²) in [7, 11) is 0. The van der Waals surface area contributed by atoms with Gasteiger partial charge in [-0.25, -0.2) is 0 Å². The smallest absolute Gasteiger partial charge is 0.306 e. The average molecular weight is 429 g/mol. The number of carbonyl (C=O) groups is 3. The Morgan fingerprint density at radius 1 is 0.633 bits per heavy atom. The van der Waals surface area contributed by atoms with E-state index in [0.29, 0.717) is 19.3 Å². The molecule has 1 heterocycles. The fourth-order valence-electron chi connectivity index (χ4n) is 3.31. The maximum Gasteiger partial charge on any atom is 0.306 e. The second kappa shape index (κ2) is 16.1. The molecule has 1 saturated heterocycles. The van der Waals surface area contributed by atoms with E-state index in [1.807, 2.05) is 0 Å². The fourth-order valence-corrected chi connectivity index (χ4v) is 3.31. The fraction of sp³-hybridized carbons (Fsp3) is 0.870. The quantitative estimate of drug-likeness (QED) is 0.216. The molecule has 0 N–H and O–H groups in total. The van der Waals surface area contributed by atoms with E-state index in [1.54, 1.807) is 0 Å². The molecule has 1 rings (SSSR count). The molecule has 0 aromatic carbocycles. The van der Waals surface area contributed by atoms with Gasteiger partial charge in [0.15, 0.2) is 18.3 Å². The van der Waals surface area contributed by atoms with Gasteiger partial charge in [-0.05, 0) is 19.3 Å². The van der Waals surface area contributed by atoms with Gasteiger partial charge in [0.2, 0.25) is 0 Å². The molecule has 0 bridgehead atoms. The Morgan fingerprint density at radius 2 is 1.00 bits per heavy atom. The van der Waals surface area contributed by atoms with Crippen LogP contribution in [0, 0.1) is 0 Å². The van der Waals surface area contributed by atoms with Gasteiger partial charge >= 0.3 is 17.9 Å². The van der Waals surface area contributed by atoms with Crippen LogP contribution in [0.3, 0.4) is 0 Å². The predicted molar refractivity (Wildman–Crippen MR) is 113 cm³/mol. The Bertz CT molecular complexity index is 474. The molecule has 7 heteroatoms. The van der Waals surface area contributed by atoms with E-state index < -0.39 is 18.3 Å². The van der Waals surface area contributed by atoms with Crippen molar-refractivity contribution in [1.82, 2.24) is 0 Å². The minimum absolute atomic E-state index is 0.121. The van der Waals surface area contributed by atoms with Crippen LogP contribution < -0.4 is 0 Å². The van der Waals surface area contributed by atoms with Crippen LogP contribution in [0.4, 0.5) is 0 Å². The number of rotatable bonds is 15. The van der Waals surface area contributed by atoms with E-state index in [9.17, 15) is 14.4 Å². The Labute approximate surface area is 181 Å². The van der Waals surface area contributed by atoms with Crippen LogP contribution in [-0.4, -0.2) is 49.4 Å². The number of esters is 3. The first kappa shape index (κ1) is 26.4. The molecule has 0 spiro atoms. The molecule has 0 radical (unpaired) electrons. The zero-order valence-corrected chi connectivity index (χ0v) is 19.0. The summed E-state index contributed by atoms with van der Waals surface area (Å²) in [5.74, 6) is -1.06. The number of hydrogen-bond acceptors (Lipinski definition) is 7. The van der Waals surface area contributed by atoms with Gasteiger partial charge in [-0.3, -0.25) is 14.4 Å². The molecule has 30 heavy (non-hydrogen) atoms. The van der Waals surface area contributed by atoms with Crippen molar-refractivity contribution in [1.29, 1.82) is 0 Å². The van der Waals surface area contributed by atoms with Crippen molar-refractivity contribution >= 4 is 17.9 Å². The summed E-state index contributed by atoms with van der Waals surface area (Å²) in [5, 5.41) is 0. The van der Waals surface area contributed by atoms with Crippen LogP contribution in [0.15, 0.2) is 0 Å². The van der Waals surface area contributed by atoms with E-state index in [2.05, 4.69) is 20.8 Å². The van der Waals surface area contributed by atoms with Crippen molar-refractivity contribution in [2.45, 2.75) is 116 Å². The predicted octanol–water partition coefficient (Wildman–Crippen LogP) is 4.49. The summed E-state index contributed by atoms with van der Waals surface area (Å²) < 4.78 is 22.3. The first-order valence-corrected chi connectivity index (χ1v) is 11.7. The summed E-state index contributed by atoms with van der Waals surface area (Å²) in [4.78, 5) is 36.7. The first-order valence-electron chi connectivity index (χ1n) is 11.7. The molecule has 3 atom stereocenters. The lowest BCUT2D eigenvalue weighted by Gasteiger charge is -2.36. The Morgan fingerprint density at radius 3 is 1.37 bits per heavy atom. The zero-order valence-electron chi connectivity index (χ0n) is 19.0. The van der Waals surface area contributed by atoms with Crippen LogP contribution in [0.25, 0.3) is 0 Å². The molecule has 0 saturated carbocycles. The molecule has 1 fully saturated rings. The number of carbonyl (C=O) groups excluding carboxylic acids is 3. The highest BCUT2D eigenvalue weighted by Gasteiger charge is 2.41. The summed E-state index contributed by atoms with van der Waals surface area (Å²) in [6.45, 7) is 6.43. The maximum absolute atomic E-state index is 12.3. The normalized spacial score (nSPS) is 21.1. The average Bonchev–Trinajstić information content (AvgIpc) is 2.71. The number of unbranched alkanes of at least 4 members (excludes halogenated alkanes) is 6. The van der Waals surface area contributed by atoms with Gasteiger partial charge in [0.1, 0.15) is 0 Å². The van der Waals surface area contributed by atoms with Gasteiger partial charge in [-0.2, -0.15) is 0 Å². The number of ether oxygens (including phenoxy) is 4. The highest BCUT2D eigenvalue weighted by molar-refractivity contribution is 5.71. The Hall–Kier alpha value is -1.63. The minimum Gasteiger partial charge on any atom is -0.456 e. The second-order valence-corrected chi connectivity index (χ2v) is 7.92. The van der Waals surface area contributed by atoms with E-state index in [4.69, 9.17) is 18.9 Å². The largest absolute Gasteiger partial charge is 0.456 e. The van der Waals surface area contributed by atoms with Gasteiger partial charge in [0, 0.05) is 19.3 Å². The van der Waals surface area contributed by atoms with E-state index in [1.165, 1.54) is 0 Å². The lowest BCUT2D eigenvalue weighted by atomic mass is 10.1. The molecule has 0 unspecified atom stereocenters. The molecule has 0 amide bonds. The number of hydrogen-bond donors (Lipinski definition) is 0. The van der Waals surface area contributed by atoms with Crippen LogP contribution >= 0.6 is 0 Å². The second-order valence-electron chi connectivity index (χ2n) is 7.92. The van der Waals surface area contributed by atoms with Crippen molar-refractivity contribution in [3.8, 4) is 0 Å². The Balaban J connectivity index is 2.73. The van der Waals surface area contributed by atoms with Crippen LogP contribution in [0.2, 0.25) is 0 Å². The highest BCUT2D eigenvalue weighted by atomic mass is 16.6. The van der Waals surface area contributed by atoms with Gasteiger partial charge < -0.3 is 18.9 Å². The molecule has 1 aliphatic heterocycles. The molecular formula is C23H40O7. The van der Waals surface area contributed by atoms with Crippen molar-refractivity contribution in [2.75, 3.05) is 13.2 Å². The topological polar surface area (TPSA) is 88.1 Å². The third-order valence-electron chi connectivity index (χ3n) is 5.08. The lowest BCUT2D eigenvalue weighted by molar-refractivity contribution is -0.211. The SMILES string of the molecule is CCCCCC(=O)O[C@@H]1[C@@H](OC(=O)CCCCC)COC[C@H]1OC(=O)CCCCC. The molecule has 174 valence electrons. The van der Waals surface area contributed by atoms with Crippen molar-refractivity contribution in [3.05, 3.63) is 0 Å². The van der Waals surface area contributed by atoms with Crippen molar-refractivity contribution < 1.29 is 33.3 Å². The highest BCUT2D eigenvalue weighted by Crippen LogP contribution is 2.22. The maximum atomic E-state index is 12.3. The Kier molecular flexibility index (Phi) is 14.2. The molecule has 0 aliphatic carbocycles. The van der Waals surface area contributed by atoms with E-state index in [0.717, 1.165) is 57.8 Å². The summed E-state index contributed by atoms with van der Waals surface area (Å²) in [5.41, 5.74) is 0. The van der Waals surface area contributed by atoms with Crippen molar-refractivity contribution in [3.63, 3.8) is 0 Å². The summed E-state index contributed by atoms with van der Waals surface area (Å²) in [6, 6.07) is 0. The standard InChI is InChI=1S/C23H40O7/c1-4-7-10-13-20(24)28-18-16-27-17-19(29-21(25)14-11-8-5-2)23(18)30-22(26)15-12-9-6-3/h18-19,23H,4-17H2,1-3H3/t18-,19+,23+. The molecule has 0 aromatic heterocycles. The molecule has 0 aromatic rings. The van der Waals surface area contributed by atoms with E-state index >= 15 is 0 Å². The van der Waals surface area contributed by atoms with Crippen LogP contribution in [-0.2, 0) is 33.3 Å². The lowest BCUT2D eigenvalue weighted by Crippen LogP contribution is -2.53.